The number of amides is 1. The van der Waals surface area contributed by atoms with Crippen LogP contribution >= 0.6 is 23.1 Å². The zero-order chi connectivity index (χ0) is 19.3. The molecule has 26 heavy (non-hydrogen) atoms. The minimum Gasteiger partial charge on any atom is -0.395 e. The maximum atomic E-state index is 12.6. The number of fused-ring (bicyclic) bond motifs is 1. The van der Waals surface area contributed by atoms with E-state index >= 15 is 0 Å². The topological polar surface area (TPSA) is 86.3 Å². The van der Waals surface area contributed by atoms with Crippen molar-refractivity contribution in [1.29, 1.82) is 0 Å². The summed E-state index contributed by atoms with van der Waals surface area (Å²) >= 11 is 2.98. The van der Waals surface area contributed by atoms with Crippen LogP contribution in [0.3, 0.4) is 0 Å². The average molecular weight is 398 g/mol. The number of nitrogens with zero attached hydrogens (tertiary/aromatic N) is 2. The molecule has 0 aliphatic heterocycles. The Labute approximate surface area is 162 Å². The zero-order valence-corrected chi connectivity index (χ0v) is 17.4. The number of aromatic nitrogens is 2. The first kappa shape index (κ1) is 20.9. The van der Waals surface area contributed by atoms with Crippen LogP contribution < -0.4 is 5.56 Å². The highest BCUT2D eigenvalue weighted by Gasteiger charge is 2.21. The van der Waals surface area contributed by atoms with Gasteiger partial charge in [0.15, 0.2) is 0 Å². The third-order valence-electron chi connectivity index (χ3n) is 4.37. The van der Waals surface area contributed by atoms with Gasteiger partial charge in [-0.25, -0.2) is 4.98 Å². The normalized spacial score (nSPS) is 12.5. The van der Waals surface area contributed by atoms with Gasteiger partial charge in [-0.15, -0.1) is 23.1 Å². The number of thioether (sulfide) groups is 1. The van der Waals surface area contributed by atoms with E-state index in [-0.39, 0.29) is 23.3 Å². The highest BCUT2D eigenvalue weighted by atomic mass is 32.2. The molecule has 0 aliphatic rings. The van der Waals surface area contributed by atoms with Crippen molar-refractivity contribution >= 4 is 39.2 Å². The second kappa shape index (κ2) is 9.53. The standard InChI is InChI=1S/C18H27N3O3S2/c1-5-6-7-21(8-9-22)18(24)13(4)25-10-14-19-16(23)15-11(2)12(3)26-17(15)20-14/h13,22H,5-10H2,1-4H3,(H,19,20,23). The summed E-state index contributed by atoms with van der Waals surface area (Å²) in [4.78, 5) is 35.9. The van der Waals surface area contributed by atoms with Crippen molar-refractivity contribution in [3.63, 3.8) is 0 Å². The van der Waals surface area contributed by atoms with Crippen LogP contribution in [0.15, 0.2) is 4.79 Å². The SMILES string of the molecule is CCCCN(CCO)C(=O)C(C)SCc1nc2sc(C)c(C)c2c(=O)[nH]1. The van der Waals surface area contributed by atoms with Crippen LogP contribution in [0.2, 0.25) is 0 Å². The number of carbonyl (C=O) groups excluding carboxylic acids is 1. The fourth-order valence-corrected chi connectivity index (χ4v) is 4.59. The molecule has 1 atom stereocenters. The number of hydrogen-bond donors (Lipinski definition) is 2. The summed E-state index contributed by atoms with van der Waals surface area (Å²) in [6, 6.07) is 0. The molecule has 6 nitrogen and oxygen atoms in total. The van der Waals surface area contributed by atoms with Gasteiger partial charge in [-0.05, 0) is 32.8 Å². The van der Waals surface area contributed by atoms with Crippen LogP contribution in [0.4, 0.5) is 0 Å². The van der Waals surface area contributed by atoms with Crippen molar-refractivity contribution in [3.8, 4) is 0 Å². The fourth-order valence-electron chi connectivity index (χ4n) is 2.70. The second-order valence-corrected chi connectivity index (χ2v) is 8.86. The van der Waals surface area contributed by atoms with E-state index in [1.165, 1.54) is 23.1 Å². The molecule has 1 amide bonds. The number of aryl methyl sites for hydroxylation is 2. The van der Waals surface area contributed by atoms with Crippen LogP contribution in [0.1, 0.15) is 43.0 Å². The summed E-state index contributed by atoms with van der Waals surface area (Å²) in [5, 5.41) is 9.59. The number of rotatable bonds is 9. The lowest BCUT2D eigenvalue weighted by molar-refractivity contribution is -0.130. The summed E-state index contributed by atoms with van der Waals surface area (Å²) in [7, 11) is 0. The molecule has 0 aromatic carbocycles. The summed E-state index contributed by atoms with van der Waals surface area (Å²) in [5.41, 5.74) is 0.869. The lowest BCUT2D eigenvalue weighted by Gasteiger charge is -2.24. The molecule has 0 fully saturated rings. The zero-order valence-electron chi connectivity index (χ0n) is 15.8. The van der Waals surface area contributed by atoms with E-state index < -0.39 is 0 Å². The number of thiophene rings is 1. The van der Waals surface area contributed by atoms with Gasteiger partial charge >= 0.3 is 0 Å². The Balaban J connectivity index is 2.06. The number of aliphatic hydroxyl groups is 1. The van der Waals surface area contributed by atoms with E-state index in [2.05, 4.69) is 16.9 Å². The van der Waals surface area contributed by atoms with E-state index in [0.717, 1.165) is 28.1 Å². The van der Waals surface area contributed by atoms with Crippen LogP contribution in [0.5, 0.6) is 0 Å². The Morgan fingerprint density at radius 1 is 1.38 bits per heavy atom. The molecule has 0 saturated carbocycles. The molecule has 0 radical (unpaired) electrons. The highest BCUT2D eigenvalue weighted by molar-refractivity contribution is 7.99. The van der Waals surface area contributed by atoms with Crippen LogP contribution in [0, 0.1) is 13.8 Å². The summed E-state index contributed by atoms with van der Waals surface area (Å²) in [6.45, 7) is 8.85. The van der Waals surface area contributed by atoms with Gasteiger partial charge in [-0.2, -0.15) is 0 Å². The highest BCUT2D eigenvalue weighted by Crippen LogP contribution is 2.26. The third kappa shape index (κ3) is 4.86. The van der Waals surface area contributed by atoms with Crippen LogP contribution in [-0.4, -0.2) is 50.8 Å². The van der Waals surface area contributed by atoms with E-state index in [1.54, 1.807) is 4.90 Å². The van der Waals surface area contributed by atoms with Crippen LogP contribution in [-0.2, 0) is 10.5 Å². The van der Waals surface area contributed by atoms with Gasteiger partial charge in [-0.3, -0.25) is 9.59 Å². The van der Waals surface area contributed by atoms with Gasteiger partial charge < -0.3 is 15.0 Å². The van der Waals surface area contributed by atoms with Gasteiger partial charge in [0.05, 0.1) is 23.0 Å². The molecule has 0 aliphatic carbocycles. The molecule has 2 rings (SSSR count). The minimum atomic E-state index is -0.258. The van der Waals surface area contributed by atoms with E-state index in [9.17, 15) is 14.7 Å². The lowest BCUT2D eigenvalue weighted by Crippen LogP contribution is -2.39. The monoisotopic (exact) mass is 397 g/mol. The van der Waals surface area contributed by atoms with Gasteiger partial charge in [0.1, 0.15) is 10.7 Å². The largest absolute Gasteiger partial charge is 0.395 e. The molecular formula is C18H27N3O3S2. The number of hydrogen-bond acceptors (Lipinski definition) is 6. The Bertz CT molecular complexity index is 816. The lowest BCUT2D eigenvalue weighted by atomic mass is 10.2. The first-order valence-electron chi connectivity index (χ1n) is 8.89. The Morgan fingerprint density at radius 2 is 2.12 bits per heavy atom. The number of nitrogens with one attached hydrogen (secondary N) is 1. The molecule has 0 spiro atoms. The molecule has 144 valence electrons. The summed E-state index contributed by atoms with van der Waals surface area (Å²) in [5.74, 6) is 1.08. The minimum absolute atomic E-state index is 0.0173. The van der Waals surface area contributed by atoms with Gasteiger partial charge in [0.2, 0.25) is 5.91 Å². The van der Waals surface area contributed by atoms with Crippen molar-refractivity contribution in [1.82, 2.24) is 14.9 Å². The first-order valence-corrected chi connectivity index (χ1v) is 10.8. The van der Waals surface area contributed by atoms with Crippen LogP contribution in [0.25, 0.3) is 10.2 Å². The maximum Gasteiger partial charge on any atom is 0.259 e. The molecule has 0 bridgehead atoms. The van der Waals surface area contributed by atoms with E-state index in [4.69, 9.17) is 0 Å². The van der Waals surface area contributed by atoms with Gasteiger partial charge in [0, 0.05) is 18.0 Å². The summed E-state index contributed by atoms with van der Waals surface area (Å²) in [6.07, 6.45) is 1.92. The van der Waals surface area contributed by atoms with Crippen molar-refractivity contribution in [2.24, 2.45) is 0 Å². The Morgan fingerprint density at radius 3 is 2.77 bits per heavy atom. The summed E-state index contributed by atoms with van der Waals surface area (Å²) < 4.78 is 0. The Kier molecular flexibility index (Phi) is 7.67. The van der Waals surface area contributed by atoms with Crippen molar-refractivity contribution in [2.45, 2.75) is 51.5 Å². The molecule has 2 heterocycles. The third-order valence-corrected chi connectivity index (χ3v) is 6.61. The molecule has 2 N–H and O–H groups in total. The first-order chi connectivity index (χ1) is 12.4. The number of aromatic amines is 1. The molecule has 1 unspecified atom stereocenters. The van der Waals surface area contributed by atoms with Crippen molar-refractivity contribution in [2.75, 3.05) is 19.7 Å². The molecular weight excluding hydrogens is 370 g/mol. The molecule has 8 heteroatoms. The quantitative estimate of drug-likeness (QED) is 0.679. The number of aliphatic hydroxyl groups excluding tert-OH is 1. The number of H-pyrrole nitrogens is 1. The van der Waals surface area contributed by atoms with Crippen molar-refractivity contribution < 1.29 is 9.90 Å². The van der Waals surface area contributed by atoms with Gasteiger partial charge in [-0.1, -0.05) is 13.3 Å². The number of unbranched alkanes of at least 4 members (excludes halogenated alkanes) is 1. The predicted octanol–water partition coefficient (Wildman–Crippen LogP) is 2.84. The molecule has 2 aromatic heterocycles. The second-order valence-electron chi connectivity index (χ2n) is 6.33. The maximum absolute atomic E-state index is 12.6. The fraction of sp³-hybridized carbons (Fsp3) is 0.611. The number of carbonyl (C=O) groups is 1. The molecule has 0 saturated heterocycles. The van der Waals surface area contributed by atoms with E-state index in [0.29, 0.717) is 30.1 Å². The van der Waals surface area contributed by atoms with Crippen molar-refractivity contribution in [3.05, 3.63) is 26.6 Å². The molecule has 2 aromatic rings. The van der Waals surface area contributed by atoms with Gasteiger partial charge in [0.25, 0.3) is 5.56 Å². The average Bonchev–Trinajstić information content (AvgIpc) is 2.90. The smallest absolute Gasteiger partial charge is 0.259 e. The Hall–Kier alpha value is -1.38. The predicted molar refractivity (Wildman–Crippen MR) is 109 cm³/mol. The van der Waals surface area contributed by atoms with E-state index in [1.807, 2.05) is 20.8 Å².